The smallest absolute Gasteiger partial charge is 0.258 e. The Bertz CT molecular complexity index is 1520. The van der Waals surface area contributed by atoms with Crippen molar-refractivity contribution in [2.75, 3.05) is 31.5 Å². The van der Waals surface area contributed by atoms with Crippen LogP contribution in [0.3, 0.4) is 0 Å². The van der Waals surface area contributed by atoms with Crippen LogP contribution in [0.5, 0.6) is 0 Å². The van der Waals surface area contributed by atoms with E-state index in [0.717, 1.165) is 55.1 Å². The molecule has 2 aromatic carbocycles. The number of nitrogens with one attached hydrogen (secondary N) is 1. The highest BCUT2D eigenvalue weighted by Gasteiger charge is 2.43. The van der Waals surface area contributed by atoms with Crippen molar-refractivity contribution in [2.24, 2.45) is 11.7 Å². The first-order valence-corrected chi connectivity index (χ1v) is 15.0. The van der Waals surface area contributed by atoms with Crippen molar-refractivity contribution in [3.63, 3.8) is 0 Å². The Labute approximate surface area is 247 Å². The molecular weight excluding hydrogens is 528 g/mol. The first-order chi connectivity index (χ1) is 20.1. The van der Waals surface area contributed by atoms with Gasteiger partial charge in [0.05, 0.1) is 34.7 Å². The van der Waals surface area contributed by atoms with Gasteiger partial charge in [-0.1, -0.05) is 30.3 Å². The molecule has 1 saturated heterocycles. The zero-order valence-corrected chi connectivity index (χ0v) is 24.7. The molecule has 0 radical (unpaired) electrons. The first-order valence-electron chi connectivity index (χ1n) is 15.0. The summed E-state index contributed by atoms with van der Waals surface area (Å²) in [6.07, 6.45) is 4.75. The van der Waals surface area contributed by atoms with E-state index in [9.17, 15) is 14.4 Å². The monoisotopic (exact) mass is 568 g/mol. The largest absolute Gasteiger partial charge is 0.382 e. The minimum atomic E-state index is -0.499. The van der Waals surface area contributed by atoms with Crippen LogP contribution in [0.1, 0.15) is 82.0 Å². The number of nitrogens with two attached hydrogens (primary N) is 1. The Kier molecular flexibility index (Phi) is 7.39. The molecule has 9 nitrogen and oxygen atoms in total. The highest BCUT2D eigenvalue weighted by Crippen LogP contribution is 2.38. The fraction of sp³-hybridized carbons (Fsp3) is 0.455. The Hall–Kier alpha value is -3.98. The maximum Gasteiger partial charge on any atom is 0.258 e. The predicted molar refractivity (Wildman–Crippen MR) is 162 cm³/mol. The number of primary amides is 1. The Morgan fingerprint density at radius 3 is 2.43 bits per heavy atom. The Morgan fingerprint density at radius 2 is 1.76 bits per heavy atom. The number of Topliss-reactive ketones (excluding diaryl/α,β-unsaturated/α-hetero) is 1. The number of hydrogen-bond donors (Lipinski definition) is 2. The summed E-state index contributed by atoms with van der Waals surface area (Å²) >= 11 is 0. The summed E-state index contributed by atoms with van der Waals surface area (Å²) in [6.45, 7) is 8.92. The molecule has 42 heavy (non-hydrogen) atoms. The average Bonchev–Trinajstić information content (AvgIpc) is 3.73. The summed E-state index contributed by atoms with van der Waals surface area (Å²) in [5, 5.41) is 8.38. The van der Waals surface area contributed by atoms with Gasteiger partial charge in [0.15, 0.2) is 5.78 Å². The van der Waals surface area contributed by atoms with Crippen LogP contribution >= 0.6 is 0 Å². The average molecular weight is 569 g/mol. The second-order valence-electron chi connectivity index (χ2n) is 12.7. The molecular formula is C33H40N6O3. The first kappa shape index (κ1) is 28.2. The molecule has 3 N–H and O–H groups in total. The lowest BCUT2D eigenvalue weighted by Gasteiger charge is -2.42. The number of likely N-dealkylation sites (tertiary alicyclic amines) is 1. The van der Waals surface area contributed by atoms with Crippen LogP contribution in [-0.4, -0.2) is 74.9 Å². The number of carbonyl (C=O) groups is 3. The molecule has 3 heterocycles. The van der Waals surface area contributed by atoms with E-state index in [2.05, 4.69) is 24.1 Å². The van der Waals surface area contributed by atoms with E-state index in [-0.39, 0.29) is 23.3 Å². The van der Waals surface area contributed by atoms with E-state index in [1.54, 1.807) is 6.07 Å². The van der Waals surface area contributed by atoms with Crippen LogP contribution < -0.4 is 11.1 Å². The van der Waals surface area contributed by atoms with E-state index < -0.39 is 5.91 Å². The van der Waals surface area contributed by atoms with Gasteiger partial charge in [-0.2, -0.15) is 5.10 Å². The lowest BCUT2D eigenvalue weighted by atomic mass is 9.87. The van der Waals surface area contributed by atoms with Gasteiger partial charge in [-0.05, 0) is 70.6 Å². The van der Waals surface area contributed by atoms with E-state index in [4.69, 9.17) is 10.8 Å². The highest BCUT2D eigenvalue weighted by molar-refractivity contribution is 6.00. The molecule has 1 aromatic heterocycles. The van der Waals surface area contributed by atoms with Gasteiger partial charge in [-0.3, -0.25) is 19.3 Å². The number of ketones is 1. The number of nitrogens with zero attached hydrogens (tertiary/aromatic N) is 4. The molecule has 6 rings (SSSR count). The third-order valence-electron chi connectivity index (χ3n) is 9.01. The number of hydrogen-bond acceptors (Lipinski definition) is 6. The molecule has 220 valence electrons. The van der Waals surface area contributed by atoms with Crippen molar-refractivity contribution in [1.82, 2.24) is 19.6 Å². The summed E-state index contributed by atoms with van der Waals surface area (Å²) in [5.41, 5.74) is 10.4. The topological polar surface area (TPSA) is 114 Å². The number of carbonyl (C=O) groups excluding carboxylic acids is 3. The van der Waals surface area contributed by atoms with Gasteiger partial charge in [0.1, 0.15) is 0 Å². The van der Waals surface area contributed by atoms with Gasteiger partial charge < -0.3 is 16.0 Å². The van der Waals surface area contributed by atoms with E-state index in [1.165, 1.54) is 12.8 Å². The molecule has 0 atom stereocenters. The number of benzene rings is 2. The number of amides is 2. The van der Waals surface area contributed by atoms with Crippen molar-refractivity contribution in [3.05, 3.63) is 76.6 Å². The standard InChI is InChI=1S/C33H40N6O3/c1-21-30-28(18-33(2,3)38(32(30)42)19-22-9-10-22)39(36-21)25-11-12-26(31(34)41)27(17-25)35-24-13-15-37(16-14-24)20-29(40)23-7-5-4-6-8-23/h4-8,11-12,17,22,24,35H,9-10,13-16,18-20H2,1-3H3,(H2,34,41). The number of anilines is 1. The zero-order valence-electron chi connectivity index (χ0n) is 24.7. The Morgan fingerprint density at radius 1 is 1.05 bits per heavy atom. The fourth-order valence-corrected chi connectivity index (χ4v) is 6.41. The molecule has 1 saturated carbocycles. The lowest BCUT2D eigenvalue weighted by molar-refractivity contribution is 0.0487. The third kappa shape index (κ3) is 5.57. The lowest BCUT2D eigenvalue weighted by Crippen LogP contribution is -2.53. The number of aryl methyl sites for hydroxylation is 1. The van der Waals surface area contributed by atoms with Crippen molar-refractivity contribution in [3.8, 4) is 5.69 Å². The van der Waals surface area contributed by atoms with Crippen molar-refractivity contribution < 1.29 is 14.4 Å². The second-order valence-corrected chi connectivity index (χ2v) is 12.7. The molecule has 2 fully saturated rings. The molecule has 0 spiro atoms. The maximum atomic E-state index is 13.7. The minimum absolute atomic E-state index is 0.0570. The van der Waals surface area contributed by atoms with Crippen LogP contribution in [0.25, 0.3) is 5.69 Å². The molecule has 0 bridgehead atoms. The number of piperidine rings is 1. The predicted octanol–water partition coefficient (Wildman–Crippen LogP) is 4.23. The number of rotatable bonds is 9. The molecule has 2 amide bonds. The van der Waals surface area contributed by atoms with Crippen LogP contribution in [-0.2, 0) is 6.42 Å². The summed E-state index contributed by atoms with van der Waals surface area (Å²) in [6, 6.07) is 15.0. The van der Waals surface area contributed by atoms with Gasteiger partial charge in [0, 0.05) is 48.9 Å². The SMILES string of the molecule is Cc1nn(-c2ccc(C(N)=O)c(NC3CCN(CC(=O)c4ccccc4)CC3)c2)c2c1C(=O)N(CC1CC1)C(C)(C)C2. The molecule has 1 aliphatic carbocycles. The van der Waals surface area contributed by atoms with Gasteiger partial charge in [0.25, 0.3) is 11.8 Å². The second kappa shape index (κ2) is 11.0. The van der Waals surface area contributed by atoms with Crippen molar-refractivity contribution in [1.29, 1.82) is 0 Å². The summed E-state index contributed by atoms with van der Waals surface area (Å²) in [4.78, 5) is 42.9. The van der Waals surface area contributed by atoms with Crippen molar-refractivity contribution >= 4 is 23.3 Å². The van der Waals surface area contributed by atoms with Gasteiger partial charge in [0.2, 0.25) is 0 Å². The summed E-state index contributed by atoms with van der Waals surface area (Å²) in [7, 11) is 0. The number of fused-ring (bicyclic) bond motifs is 1. The van der Waals surface area contributed by atoms with E-state index >= 15 is 0 Å². The molecule has 2 aliphatic heterocycles. The highest BCUT2D eigenvalue weighted by atomic mass is 16.2. The molecule has 3 aliphatic rings. The van der Waals surface area contributed by atoms with Crippen LogP contribution in [0.4, 0.5) is 5.69 Å². The summed E-state index contributed by atoms with van der Waals surface area (Å²) < 4.78 is 1.87. The third-order valence-corrected chi connectivity index (χ3v) is 9.01. The normalized spacial score (nSPS) is 19.0. The van der Waals surface area contributed by atoms with Crippen LogP contribution in [0.2, 0.25) is 0 Å². The zero-order chi connectivity index (χ0) is 29.6. The minimum Gasteiger partial charge on any atom is -0.382 e. The van der Waals surface area contributed by atoms with E-state index in [1.807, 2.05) is 59.0 Å². The maximum absolute atomic E-state index is 13.7. The van der Waals surface area contributed by atoms with Gasteiger partial charge in [-0.25, -0.2) is 4.68 Å². The fourth-order valence-electron chi connectivity index (χ4n) is 6.41. The van der Waals surface area contributed by atoms with Gasteiger partial charge >= 0.3 is 0 Å². The molecule has 9 heteroatoms. The van der Waals surface area contributed by atoms with Crippen LogP contribution in [0, 0.1) is 12.8 Å². The summed E-state index contributed by atoms with van der Waals surface area (Å²) in [5.74, 6) is 0.291. The van der Waals surface area contributed by atoms with E-state index in [0.29, 0.717) is 35.7 Å². The van der Waals surface area contributed by atoms with Crippen LogP contribution in [0.15, 0.2) is 48.5 Å². The van der Waals surface area contributed by atoms with Crippen molar-refractivity contribution in [2.45, 2.75) is 64.5 Å². The quantitative estimate of drug-likeness (QED) is 0.374. The Balaban J connectivity index is 1.20. The van der Waals surface area contributed by atoms with Gasteiger partial charge in [-0.15, -0.1) is 0 Å². The molecule has 0 unspecified atom stereocenters. The number of aromatic nitrogens is 2. The molecule has 3 aromatic rings.